The van der Waals surface area contributed by atoms with E-state index in [0.717, 1.165) is 6.42 Å². The minimum absolute atomic E-state index is 0.00827. The third-order valence-corrected chi connectivity index (χ3v) is 7.24. The summed E-state index contributed by atoms with van der Waals surface area (Å²) in [7, 11) is 0. The highest BCUT2D eigenvalue weighted by Gasteiger charge is 2.33. The van der Waals surface area contributed by atoms with Crippen LogP contribution >= 0.6 is 11.3 Å². The molecule has 3 rings (SSSR count). The van der Waals surface area contributed by atoms with Gasteiger partial charge in [0, 0.05) is 5.38 Å². The van der Waals surface area contributed by atoms with Crippen molar-refractivity contribution in [3.8, 4) is 0 Å². The minimum Gasteiger partial charge on any atom is -0.459 e. The molecule has 0 radical (unpaired) electrons. The smallest absolute Gasteiger partial charge is 0.328 e. The molecule has 0 aromatic carbocycles. The van der Waals surface area contributed by atoms with Crippen LogP contribution in [0.1, 0.15) is 91.9 Å². The first-order chi connectivity index (χ1) is 17.4. The van der Waals surface area contributed by atoms with E-state index in [4.69, 9.17) is 14.9 Å². The number of hydrogen-bond acceptors (Lipinski definition) is 10. The van der Waals surface area contributed by atoms with Gasteiger partial charge >= 0.3 is 5.97 Å². The molecule has 0 spiro atoms. The van der Waals surface area contributed by atoms with Crippen molar-refractivity contribution in [3.63, 3.8) is 0 Å². The van der Waals surface area contributed by atoms with Crippen LogP contribution in [0.25, 0.3) is 0 Å². The SMILES string of the molecule is CC[C@H](C)[C@H]1NC(=O)c2coc(n2)[C@H](C(C)C)NC(=O)[C@@H](N)[C@@H](C)OC(=O)[C@H](C)NC(=O)c2csc1n2. The van der Waals surface area contributed by atoms with Crippen LogP contribution in [-0.2, 0) is 14.3 Å². The zero-order valence-corrected chi connectivity index (χ0v) is 22.5. The summed E-state index contributed by atoms with van der Waals surface area (Å²) >= 11 is 1.23. The van der Waals surface area contributed by atoms with Crippen molar-refractivity contribution in [2.45, 2.75) is 78.2 Å². The number of oxazole rings is 1. The molecule has 0 saturated heterocycles. The van der Waals surface area contributed by atoms with Gasteiger partial charge in [-0.3, -0.25) is 14.4 Å². The molecule has 3 amide bonds. The molecule has 0 unspecified atom stereocenters. The summed E-state index contributed by atoms with van der Waals surface area (Å²) in [6, 6.07) is -3.40. The third kappa shape index (κ3) is 6.52. The van der Waals surface area contributed by atoms with E-state index in [1.807, 2.05) is 27.7 Å². The second kappa shape index (κ2) is 11.8. The minimum atomic E-state index is -1.20. The molecule has 6 atom stereocenters. The standard InChI is InChI=1S/C24H34N6O6S/c1-7-11(4)18-23-28-15(9-37-23)20(32)26-12(5)24(34)36-13(6)16(25)21(33)29-17(10(2)3)22-27-14(8-35-22)19(31)30-18/h8-13,16-18H,7,25H2,1-6H3,(H,26,32)(H,29,33)(H,30,31)/t11-,12-,13+,16-,17-,18+/m0/s1. The number of nitrogens with two attached hydrogens (primary N) is 1. The molecule has 5 N–H and O–H groups in total. The van der Waals surface area contributed by atoms with Crippen molar-refractivity contribution >= 4 is 35.0 Å². The number of carbonyl (C=O) groups is 4. The van der Waals surface area contributed by atoms with E-state index < -0.39 is 54.0 Å². The normalized spacial score (nSPS) is 26.8. The fraction of sp³-hybridized carbons (Fsp3) is 0.583. The fourth-order valence-corrected chi connectivity index (χ4v) is 4.61. The maximum Gasteiger partial charge on any atom is 0.328 e. The zero-order valence-electron chi connectivity index (χ0n) is 21.7. The predicted octanol–water partition coefficient (Wildman–Crippen LogP) is 1.85. The fourth-order valence-electron chi connectivity index (χ4n) is 3.63. The van der Waals surface area contributed by atoms with Crippen LogP contribution < -0.4 is 21.7 Å². The van der Waals surface area contributed by atoms with E-state index in [0.29, 0.717) is 5.01 Å². The second-order valence-electron chi connectivity index (χ2n) is 9.57. The van der Waals surface area contributed by atoms with Crippen molar-refractivity contribution in [3.05, 3.63) is 33.9 Å². The van der Waals surface area contributed by atoms with Gasteiger partial charge in [-0.05, 0) is 25.7 Å². The van der Waals surface area contributed by atoms with Gasteiger partial charge in [-0.15, -0.1) is 11.3 Å². The molecule has 37 heavy (non-hydrogen) atoms. The Bertz CT molecular complexity index is 1150. The number of esters is 1. The number of ether oxygens (including phenoxy) is 1. The van der Waals surface area contributed by atoms with Gasteiger partial charge in [0.15, 0.2) is 5.69 Å². The zero-order chi connectivity index (χ0) is 27.4. The summed E-state index contributed by atoms with van der Waals surface area (Å²) < 4.78 is 10.9. The first-order valence-electron chi connectivity index (χ1n) is 12.2. The number of fused-ring (bicyclic) bond motifs is 4. The Labute approximate surface area is 219 Å². The quantitative estimate of drug-likeness (QED) is 0.428. The molecule has 202 valence electrons. The van der Waals surface area contributed by atoms with Gasteiger partial charge in [-0.1, -0.05) is 34.1 Å². The summed E-state index contributed by atoms with van der Waals surface area (Å²) in [5.74, 6) is -2.42. The molecule has 1 aliphatic rings. The van der Waals surface area contributed by atoms with Gasteiger partial charge in [0.1, 0.15) is 41.2 Å². The van der Waals surface area contributed by atoms with E-state index in [1.54, 1.807) is 5.38 Å². The monoisotopic (exact) mass is 534 g/mol. The molecule has 13 heteroatoms. The number of aromatic nitrogens is 2. The molecule has 2 aromatic rings. The number of amides is 3. The van der Waals surface area contributed by atoms with E-state index >= 15 is 0 Å². The second-order valence-corrected chi connectivity index (χ2v) is 10.5. The largest absolute Gasteiger partial charge is 0.459 e. The molecule has 12 nitrogen and oxygen atoms in total. The Morgan fingerprint density at radius 2 is 1.68 bits per heavy atom. The summed E-state index contributed by atoms with van der Waals surface area (Å²) in [5, 5.41) is 10.4. The van der Waals surface area contributed by atoms with Gasteiger partial charge in [0.25, 0.3) is 11.8 Å². The van der Waals surface area contributed by atoms with E-state index in [-0.39, 0.29) is 29.1 Å². The summed E-state index contributed by atoms with van der Waals surface area (Å²) in [4.78, 5) is 60.1. The van der Waals surface area contributed by atoms with Crippen molar-refractivity contribution < 1.29 is 28.3 Å². The summed E-state index contributed by atoms with van der Waals surface area (Å²) in [6.07, 6.45) is 0.971. The molecular formula is C24H34N6O6S. The molecule has 3 heterocycles. The van der Waals surface area contributed by atoms with E-state index in [1.165, 1.54) is 31.4 Å². The topological polar surface area (TPSA) is 179 Å². The average Bonchev–Trinajstić information content (AvgIpc) is 3.54. The van der Waals surface area contributed by atoms with Gasteiger partial charge in [0.05, 0.1) is 6.04 Å². The lowest BCUT2D eigenvalue weighted by Crippen LogP contribution is -2.51. The highest BCUT2D eigenvalue weighted by molar-refractivity contribution is 7.09. The number of cyclic esters (lactones) is 1. The number of thiazole rings is 1. The van der Waals surface area contributed by atoms with E-state index in [2.05, 4.69) is 25.9 Å². The van der Waals surface area contributed by atoms with Crippen LogP contribution in [0.4, 0.5) is 0 Å². The van der Waals surface area contributed by atoms with Gasteiger partial charge in [0.2, 0.25) is 11.8 Å². The van der Waals surface area contributed by atoms with Crippen LogP contribution in [0.3, 0.4) is 0 Å². The summed E-state index contributed by atoms with van der Waals surface area (Å²) in [6.45, 7) is 10.6. The molecular weight excluding hydrogens is 500 g/mol. The number of nitrogens with one attached hydrogen (secondary N) is 3. The third-order valence-electron chi connectivity index (χ3n) is 6.32. The van der Waals surface area contributed by atoms with Crippen molar-refractivity contribution in [2.75, 3.05) is 0 Å². The lowest BCUT2D eigenvalue weighted by atomic mass is 9.99. The Morgan fingerprint density at radius 1 is 1.00 bits per heavy atom. The highest BCUT2D eigenvalue weighted by atomic mass is 32.1. The van der Waals surface area contributed by atoms with E-state index in [9.17, 15) is 19.2 Å². The Hall–Kier alpha value is -3.32. The Kier molecular flexibility index (Phi) is 9.02. The number of rotatable bonds is 3. The van der Waals surface area contributed by atoms with Gasteiger partial charge in [-0.25, -0.2) is 14.8 Å². The first kappa shape index (κ1) is 28.3. The van der Waals surface area contributed by atoms with Crippen LogP contribution in [0, 0.1) is 11.8 Å². The van der Waals surface area contributed by atoms with Crippen LogP contribution in [0.5, 0.6) is 0 Å². The maximum atomic E-state index is 13.1. The molecule has 1 aliphatic heterocycles. The lowest BCUT2D eigenvalue weighted by Gasteiger charge is -2.25. The molecule has 2 aromatic heterocycles. The molecule has 0 aliphatic carbocycles. The Balaban J connectivity index is 2.01. The van der Waals surface area contributed by atoms with Crippen molar-refractivity contribution in [2.24, 2.45) is 17.6 Å². The Morgan fingerprint density at radius 3 is 2.32 bits per heavy atom. The molecule has 0 fully saturated rings. The predicted molar refractivity (Wildman–Crippen MR) is 134 cm³/mol. The average molecular weight is 535 g/mol. The molecule has 4 bridgehead atoms. The highest BCUT2D eigenvalue weighted by Crippen LogP contribution is 2.28. The number of carbonyl (C=O) groups excluding carboxylic acids is 4. The van der Waals surface area contributed by atoms with Crippen LogP contribution in [0.15, 0.2) is 16.1 Å². The van der Waals surface area contributed by atoms with Crippen LogP contribution in [0.2, 0.25) is 0 Å². The molecule has 0 saturated carbocycles. The number of nitrogens with zero attached hydrogens (tertiary/aromatic N) is 2. The van der Waals surface area contributed by atoms with Gasteiger partial charge in [-0.2, -0.15) is 0 Å². The van der Waals surface area contributed by atoms with Crippen molar-refractivity contribution in [1.29, 1.82) is 0 Å². The van der Waals surface area contributed by atoms with Crippen molar-refractivity contribution in [1.82, 2.24) is 25.9 Å². The maximum absolute atomic E-state index is 13.1. The first-order valence-corrected chi connectivity index (χ1v) is 13.1. The van der Waals surface area contributed by atoms with Gasteiger partial charge < -0.3 is 30.8 Å². The number of hydrogen-bond donors (Lipinski definition) is 4. The van der Waals surface area contributed by atoms with Crippen LogP contribution in [-0.4, -0.2) is 51.8 Å². The lowest BCUT2D eigenvalue weighted by molar-refractivity contribution is -0.152. The summed E-state index contributed by atoms with van der Waals surface area (Å²) in [5.41, 5.74) is 6.19.